The van der Waals surface area contributed by atoms with Crippen LogP contribution in [0.3, 0.4) is 0 Å². The van der Waals surface area contributed by atoms with Crippen LogP contribution in [-0.2, 0) is 6.42 Å². The first kappa shape index (κ1) is 16.7. The van der Waals surface area contributed by atoms with E-state index in [-0.39, 0.29) is 0 Å². The molecule has 26 heavy (non-hydrogen) atoms. The van der Waals surface area contributed by atoms with Crippen LogP contribution < -0.4 is 0 Å². The van der Waals surface area contributed by atoms with Crippen molar-refractivity contribution in [3.8, 4) is 0 Å². The first-order valence-corrected chi connectivity index (χ1v) is 9.61. The van der Waals surface area contributed by atoms with E-state index >= 15 is 0 Å². The molecule has 4 aromatic rings. The predicted octanol–water partition coefficient (Wildman–Crippen LogP) is 5.03. The van der Waals surface area contributed by atoms with E-state index in [1.807, 2.05) is 38.7 Å². The third-order valence-corrected chi connectivity index (χ3v) is 5.31. The van der Waals surface area contributed by atoms with Gasteiger partial charge in [0.2, 0.25) is 0 Å². The highest BCUT2D eigenvalue weighted by Crippen LogP contribution is 2.24. The number of benzene rings is 1. The highest BCUT2D eigenvalue weighted by molar-refractivity contribution is 7.17. The minimum absolute atomic E-state index is 0.765. The highest BCUT2D eigenvalue weighted by atomic mass is 32.1. The molecule has 0 bridgehead atoms. The number of aromatic nitrogens is 3. The molecule has 0 aliphatic rings. The minimum Gasteiger partial charge on any atom is -0.297 e. The average Bonchev–Trinajstić information content (AvgIpc) is 3.30. The topological polar surface area (TPSA) is 42.5 Å². The van der Waals surface area contributed by atoms with Gasteiger partial charge in [-0.2, -0.15) is 0 Å². The summed E-state index contributed by atoms with van der Waals surface area (Å²) in [5.74, 6) is 0. The van der Waals surface area contributed by atoms with Gasteiger partial charge in [-0.15, -0.1) is 11.3 Å². The molecule has 0 saturated heterocycles. The summed E-state index contributed by atoms with van der Waals surface area (Å²) in [5.41, 5.74) is 5.24. The second kappa shape index (κ2) is 7.22. The molecule has 0 radical (unpaired) electrons. The Morgan fingerprint density at radius 1 is 1.27 bits per heavy atom. The van der Waals surface area contributed by atoms with Crippen molar-refractivity contribution in [2.75, 3.05) is 6.54 Å². The molecule has 0 atom stereocenters. The highest BCUT2D eigenvalue weighted by Gasteiger charge is 2.11. The normalized spacial score (nSPS) is 12.6. The quantitative estimate of drug-likeness (QED) is 0.469. The largest absolute Gasteiger partial charge is 0.297 e. The Bertz CT molecular complexity index is 1120. The summed E-state index contributed by atoms with van der Waals surface area (Å²) >= 11 is 1.77. The Labute approximate surface area is 156 Å². The molecular weight excluding hydrogens is 340 g/mol. The lowest BCUT2D eigenvalue weighted by Crippen LogP contribution is -2.00. The predicted molar refractivity (Wildman–Crippen MR) is 110 cm³/mol. The van der Waals surface area contributed by atoms with E-state index in [1.165, 1.54) is 15.6 Å². The Morgan fingerprint density at radius 3 is 3.04 bits per heavy atom. The van der Waals surface area contributed by atoms with Gasteiger partial charge in [0, 0.05) is 41.8 Å². The van der Waals surface area contributed by atoms with Crippen molar-refractivity contribution in [1.29, 1.82) is 0 Å². The molecule has 0 spiro atoms. The maximum absolute atomic E-state index is 4.64. The fourth-order valence-electron chi connectivity index (χ4n) is 3.11. The standard InChI is InChI=1S/C21H20N4S/c1-3-16(13-22-4-2)19-14-24-21-18(23-8-9-25(19)21)12-15-5-6-20-17(11-15)7-10-26-20/h3,5-11,13-14H,4,12H2,1-2H3/b16-3+,22-13?. The Hall–Kier alpha value is -2.79. The van der Waals surface area contributed by atoms with Crippen LogP contribution in [0, 0.1) is 0 Å². The molecule has 3 heterocycles. The monoisotopic (exact) mass is 360 g/mol. The van der Waals surface area contributed by atoms with Crippen LogP contribution in [0.5, 0.6) is 0 Å². The maximum atomic E-state index is 4.64. The lowest BCUT2D eigenvalue weighted by Gasteiger charge is -2.06. The van der Waals surface area contributed by atoms with Crippen LogP contribution in [0.15, 0.2) is 59.3 Å². The van der Waals surface area contributed by atoms with E-state index < -0.39 is 0 Å². The van der Waals surface area contributed by atoms with Gasteiger partial charge >= 0.3 is 0 Å². The molecule has 0 aliphatic carbocycles. The second-order valence-electron chi connectivity index (χ2n) is 6.05. The van der Waals surface area contributed by atoms with Gasteiger partial charge in [-0.1, -0.05) is 12.1 Å². The number of aliphatic imine (C=N–C) groups is 1. The third-order valence-electron chi connectivity index (χ3n) is 4.41. The summed E-state index contributed by atoms with van der Waals surface area (Å²) < 4.78 is 3.42. The fourth-order valence-corrected chi connectivity index (χ4v) is 3.88. The number of nitrogens with zero attached hydrogens (tertiary/aromatic N) is 4. The van der Waals surface area contributed by atoms with Gasteiger partial charge < -0.3 is 0 Å². The number of allylic oxidation sites excluding steroid dienone is 2. The molecular formula is C21H20N4S. The Balaban J connectivity index is 1.73. The molecule has 3 aromatic heterocycles. The van der Waals surface area contributed by atoms with Crippen LogP contribution in [0.2, 0.25) is 0 Å². The van der Waals surface area contributed by atoms with E-state index in [0.717, 1.165) is 35.6 Å². The van der Waals surface area contributed by atoms with Crippen LogP contribution in [-0.4, -0.2) is 27.1 Å². The summed E-state index contributed by atoms with van der Waals surface area (Å²) in [6.07, 6.45) is 10.5. The zero-order valence-electron chi connectivity index (χ0n) is 14.9. The minimum atomic E-state index is 0.765. The molecule has 0 aliphatic heterocycles. The van der Waals surface area contributed by atoms with E-state index in [4.69, 9.17) is 0 Å². The van der Waals surface area contributed by atoms with Crippen molar-refractivity contribution in [3.63, 3.8) is 0 Å². The van der Waals surface area contributed by atoms with Crippen molar-refractivity contribution >= 4 is 38.9 Å². The van der Waals surface area contributed by atoms with Crippen LogP contribution in [0.1, 0.15) is 30.8 Å². The van der Waals surface area contributed by atoms with Crippen LogP contribution in [0.4, 0.5) is 0 Å². The van der Waals surface area contributed by atoms with Gasteiger partial charge in [0.25, 0.3) is 0 Å². The van der Waals surface area contributed by atoms with Crippen molar-refractivity contribution in [1.82, 2.24) is 14.4 Å². The SMILES string of the molecule is C/C=C(\C=NCC)c1cnc2c(Cc3ccc4sccc4c3)nccn12. The molecule has 130 valence electrons. The second-order valence-corrected chi connectivity index (χ2v) is 7.00. The Morgan fingerprint density at radius 2 is 2.19 bits per heavy atom. The van der Waals surface area contributed by atoms with E-state index in [2.05, 4.69) is 55.1 Å². The zero-order valence-corrected chi connectivity index (χ0v) is 15.7. The van der Waals surface area contributed by atoms with Crippen molar-refractivity contribution in [2.45, 2.75) is 20.3 Å². The number of hydrogen-bond acceptors (Lipinski definition) is 4. The molecule has 0 amide bonds. The van der Waals surface area contributed by atoms with Gasteiger partial charge in [-0.25, -0.2) is 4.98 Å². The van der Waals surface area contributed by atoms with E-state index in [0.29, 0.717) is 0 Å². The van der Waals surface area contributed by atoms with Crippen molar-refractivity contribution < 1.29 is 0 Å². The van der Waals surface area contributed by atoms with Gasteiger partial charge in [0.15, 0.2) is 5.65 Å². The number of imidazole rings is 1. The maximum Gasteiger partial charge on any atom is 0.159 e. The molecule has 4 nitrogen and oxygen atoms in total. The molecule has 0 fully saturated rings. The number of rotatable bonds is 5. The lowest BCUT2D eigenvalue weighted by atomic mass is 10.1. The number of fused-ring (bicyclic) bond motifs is 2. The van der Waals surface area contributed by atoms with Gasteiger partial charge in [-0.3, -0.25) is 14.4 Å². The summed E-state index contributed by atoms with van der Waals surface area (Å²) in [5, 5.41) is 3.42. The summed E-state index contributed by atoms with van der Waals surface area (Å²) in [4.78, 5) is 13.6. The molecule has 0 N–H and O–H groups in total. The molecule has 0 saturated carbocycles. The van der Waals surface area contributed by atoms with Gasteiger partial charge in [0.1, 0.15) is 0 Å². The third kappa shape index (κ3) is 3.06. The molecule has 5 heteroatoms. The van der Waals surface area contributed by atoms with Gasteiger partial charge in [0.05, 0.1) is 17.6 Å². The smallest absolute Gasteiger partial charge is 0.159 e. The van der Waals surface area contributed by atoms with E-state index in [9.17, 15) is 0 Å². The number of hydrogen-bond donors (Lipinski definition) is 0. The van der Waals surface area contributed by atoms with Crippen molar-refractivity contribution in [3.05, 3.63) is 71.3 Å². The molecule has 1 aromatic carbocycles. The first-order chi connectivity index (χ1) is 12.8. The fraction of sp³-hybridized carbons (Fsp3) is 0.190. The average molecular weight is 360 g/mol. The van der Waals surface area contributed by atoms with Crippen LogP contribution >= 0.6 is 11.3 Å². The first-order valence-electron chi connectivity index (χ1n) is 8.73. The lowest BCUT2D eigenvalue weighted by molar-refractivity contribution is 1.01. The van der Waals surface area contributed by atoms with Gasteiger partial charge in [-0.05, 0) is 48.4 Å². The zero-order chi connectivity index (χ0) is 17.9. The Kier molecular flexibility index (Phi) is 4.63. The molecule has 4 rings (SSSR count). The van der Waals surface area contributed by atoms with Crippen LogP contribution in [0.25, 0.3) is 21.3 Å². The van der Waals surface area contributed by atoms with E-state index in [1.54, 1.807) is 11.3 Å². The van der Waals surface area contributed by atoms with Crippen molar-refractivity contribution in [2.24, 2.45) is 4.99 Å². The summed E-state index contributed by atoms with van der Waals surface area (Å²) in [6.45, 7) is 4.82. The summed E-state index contributed by atoms with van der Waals surface area (Å²) in [7, 11) is 0. The number of thiophene rings is 1. The molecule has 0 unspecified atom stereocenters. The summed E-state index contributed by atoms with van der Waals surface area (Å²) in [6, 6.07) is 8.77.